The van der Waals surface area contributed by atoms with Crippen LogP contribution in [-0.2, 0) is 0 Å². The van der Waals surface area contributed by atoms with Gasteiger partial charge in [-0.1, -0.05) is 40.2 Å². The monoisotopic (exact) mass is 399 g/mol. The van der Waals surface area contributed by atoms with Crippen LogP contribution in [0, 0.1) is 0 Å². The summed E-state index contributed by atoms with van der Waals surface area (Å²) in [7, 11) is 0. The molecule has 0 radical (unpaired) electrons. The number of nitrogen functional groups attached to an aromatic ring is 1. The summed E-state index contributed by atoms with van der Waals surface area (Å²) in [6.07, 6.45) is 1.24. The summed E-state index contributed by atoms with van der Waals surface area (Å²) in [5.74, 6) is -0.436. The third-order valence-electron chi connectivity index (χ3n) is 3.50. The predicted molar refractivity (Wildman–Crippen MR) is 97.2 cm³/mol. The van der Waals surface area contributed by atoms with Crippen LogP contribution in [0.4, 0.5) is 5.69 Å². The van der Waals surface area contributed by atoms with Crippen LogP contribution in [0.5, 0.6) is 0 Å². The van der Waals surface area contributed by atoms with Crippen molar-refractivity contribution in [3.63, 3.8) is 0 Å². The molecular weight excluding hydrogens is 386 g/mol. The van der Waals surface area contributed by atoms with Crippen LogP contribution in [0.25, 0.3) is 11.5 Å². The third kappa shape index (κ3) is 3.95. The quantitative estimate of drug-likeness (QED) is 0.506. The number of nitrogens with zero attached hydrogens (tertiary/aromatic N) is 1. The van der Waals surface area contributed by atoms with Crippen LogP contribution in [0.15, 0.2) is 63.7 Å². The van der Waals surface area contributed by atoms with Crippen LogP contribution >= 0.6 is 15.9 Å². The van der Waals surface area contributed by atoms with E-state index in [0.717, 1.165) is 4.47 Å². The van der Waals surface area contributed by atoms with E-state index < -0.39 is 5.91 Å². The van der Waals surface area contributed by atoms with Crippen LogP contribution in [-0.4, -0.2) is 23.2 Å². The summed E-state index contributed by atoms with van der Waals surface area (Å²) in [4.78, 5) is 28.3. The zero-order valence-corrected chi connectivity index (χ0v) is 14.6. The average Bonchev–Trinajstić information content (AvgIpc) is 3.10. The van der Waals surface area contributed by atoms with Crippen molar-refractivity contribution < 1.29 is 14.0 Å². The standard InChI is InChI=1S/C18H14BrN3O3/c19-12-7-5-11(6-8-12)16(23)9-21-17(24)15-10-25-18(22-15)13-3-1-2-4-14(13)20/h1-8,10H,9,20H2,(H,21,24). The Morgan fingerprint density at radius 2 is 1.84 bits per heavy atom. The second kappa shape index (κ2) is 7.31. The molecule has 25 heavy (non-hydrogen) atoms. The Morgan fingerprint density at radius 3 is 2.56 bits per heavy atom. The van der Waals surface area contributed by atoms with Gasteiger partial charge in [-0.3, -0.25) is 9.59 Å². The maximum Gasteiger partial charge on any atom is 0.273 e. The third-order valence-corrected chi connectivity index (χ3v) is 4.03. The van der Waals surface area contributed by atoms with Crippen molar-refractivity contribution in [2.24, 2.45) is 0 Å². The maximum absolute atomic E-state index is 12.1. The summed E-state index contributed by atoms with van der Waals surface area (Å²) in [5, 5.41) is 2.54. The van der Waals surface area contributed by atoms with Gasteiger partial charge in [0.2, 0.25) is 5.89 Å². The van der Waals surface area contributed by atoms with Crippen molar-refractivity contribution >= 4 is 33.3 Å². The van der Waals surface area contributed by atoms with E-state index >= 15 is 0 Å². The van der Waals surface area contributed by atoms with Crippen LogP contribution in [0.3, 0.4) is 0 Å². The van der Waals surface area contributed by atoms with Gasteiger partial charge < -0.3 is 15.5 Å². The fourth-order valence-corrected chi connectivity index (χ4v) is 2.45. The predicted octanol–water partition coefficient (Wildman–Crippen LogP) is 3.30. The summed E-state index contributed by atoms with van der Waals surface area (Å²) in [6, 6.07) is 14.0. The first kappa shape index (κ1) is 16.9. The number of ketones is 1. The number of amides is 1. The largest absolute Gasteiger partial charge is 0.444 e. The Morgan fingerprint density at radius 1 is 1.12 bits per heavy atom. The molecule has 0 fully saturated rings. The Labute approximate surface area is 152 Å². The Balaban J connectivity index is 1.65. The highest BCUT2D eigenvalue weighted by molar-refractivity contribution is 9.10. The van der Waals surface area contributed by atoms with Crippen molar-refractivity contribution in [2.45, 2.75) is 0 Å². The van der Waals surface area contributed by atoms with E-state index in [-0.39, 0.29) is 23.9 Å². The first-order valence-electron chi connectivity index (χ1n) is 7.42. The lowest BCUT2D eigenvalue weighted by molar-refractivity contribution is 0.0901. The van der Waals surface area contributed by atoms with Crippen molar-refractivity contribution in [2.75, 3.05) is 12.3 Å². The molecule has 0 saturated heterocycles. The zero-order valence-electron chi connectivity index (χ0n) is 13.0. The number of para-hydroxylation sites is 1. The molecule has 7 heteroatoms. The van der Waals surface area contributed by atoms with Crippen molar-refractivity contribution in [1.82, 2.24) is 10.3 Å². The summed E-state index contributed by atoms with van der Waals surface area (Å²) in [6.45, 7) is -0.129. The Hall–Kier alpha value is -2.93. The molecule has 1 amide bonds. The highest BCUT2D eigenvalue weighted by atomic mass is 79.9. The number of carbonyl (C=O) groups is 2. The summed E-state index contributed by atoms with van der Waals surface area (Å²) in [5.41, 5.74) is 7.57. The topological polar surface area (TPSA) is 98.2 Å². The summed E-state index contributed by atoms with van der Waals surface area (Å²) >= 11 is 3.31. The van der Waals surface area contributed by atoms with Crippen molar-refractivity contribution in [3.8, 4) is 11.5 Å². The normalized spacial score (nSPS) is 10.4. The van der Waals surface area contributed by atoms with Gasteiger partial charge in [-0.05, 0) is 24.3 Å². The molecule has 0 bridgehead atoms. The van der Waals surface area contributed by atoms with E-state index in [4.69, 9.17) is 10.2 Å². The first-order valence-corrected chi connectivity index (χ1v) is 8.21. The van der Waals surface area contributed by atoms with Gasteiger partial charge in [-0.2, -0.15) is 0 Å². The number of rotatable bonds is 5. The van der Waals surface area contributed by atoms with Gasteiger partial charge in [0.1, 0.15) is 6.26 Å². The van der Waals surface area contributed by atoms with Gasteiger partial charge in [0.15, 0.2) is 11.5 Å². The molecule has 0 saturated carbocycles. The molecule has 0 spiro atoms. The fraction of sp³-hybridized carbons (Fsp3) is 0.0556. The van der Waals surface area contributed by atoms with E-state index in [1.165, 1.54) is 6.26 Å². The average molecular weight is 400 g/mol. The fourth-order valence-electron chi connectivity index (χ4n) is 2.18. The highest BCUT2D eigenvalue weighted by Crippen LogP contribution is 2.24. The number of anilines is 1. The number of benzene rings is 2. The van der Waals surface area contributed by atoms with Crippen LogP contribution < -0.4 is 11.1 Å². The molecule has 3 rings (SSSR count). The molecule has 0 aliphatic carbocycles. The molecule has 0 unspecified atom stereocenters. The van der Waals surface area contributed by atoms with Gasteiger partial charge in [0.25, 0.3) is 5.91 Å². The van der Waals surface area contributed by atoms with E-state index in [2.05, 4.69) is 26.2 Å². The minimum Gasteiger partial charge on any atom is -0.444 e. The molecule has 6 nitrogen and oxygen atoms in total. The number of hydrogen-bond acceptors (Lipinski definition) is 5. The number of aromatic nitrogens is 1. The first-order chi connectivity index (χ1) is 12.0. The van der Waals surface area contributed by atoms with Gasteiger partial charge in [0, 0.05) is 15.7 Å². The molecule has 2 aromatic carbocycles. The van der Waals surface area contributed by atoms with E-state index in [9.17, 15) is 9.59 Å². The van der Waals surface area contributed by atoms with Gasteiger partial charge >= 0.3 is 0 Å². The summed E-state index contributed by atoms with van der Waals surface area (Å²) < 4.78 is 6.19. The number of hydrogen-bond donors (Lipinski definition) is 2. The number of carbonyl (C=O) groups excluding carboxylic acids is 2. The lowest BCUT2D eigenvalue weighted by Crippen LogP contribution is -2.29. The number of nitrogens with one attached hydrogen (secondary N) is 1. The lowest BCUT2D eigenvalue weighted by atomic mass is 10.1. The molecule has 0 atom stereocenters. The minimum absolute atomic E-state index is 0.0851. The molecule has 3 aromatic rings. The second-order valence-electron chi connectivity index (χ2n) is 5.24. The number of oxazole rings is 1. The van der Waals surface area contributed by atoms with E-state index in [1.807, 2.05) is 0 Å². The molecule has 0 aliphatic rings. The smallest absolute Gasteiger partial charge is 0.273 e. The second-order valence-corrected chi connectivity index (χ2v) is 6.15. The van der Waals surface area contributed by atoms with Crippen LogP contribution in [0.1, 0.15) is 20.8 Å². The number of nitrogens with two attached hydrogens (primary N) is 1. The molecule has 126 valence electrons. The molecular formula is C18H14BrN3O3. The molecule has 0 aliphatic heterocycles. The lowest BCUT2D eigenvalue weighted by Gasteiger charge is -2.03. The Kier molecular flexibility index (Phi) is 4.95. The number of halogens is 1. The number of Topliss-reactive ketones (excluding diaryl/α,β-unsaturated/α-hetero) is 1. The Bertz CT molecular complexity index is 919. The molecule has 1 heterocycles. The van der Waals surface area contributed by atoms with E-state index in [0.29, 0.717) is 16.8 Å². The van der Waals surface area contributed by atoms with Crippen molar-refractivity contribution in [3.05, 3.63) is 70.5 Å². The van der Waals surface area contributed by atoms with Crippen LogP contribution in [0.2, 0.25) is 0 Å². The van der Waals surface area contributed by atoms with E-state index in [1.54, 1.807) is 48.5 Å². The van der Waals surface area contributed by atoms with Crippen molar-refractivity contribution in [1.29, 1.82) is 0 Å². The maximum atomic E-state index is 12.1. The molecule has 3 N–H and O–H groups in total. The highest BCUT2D eigenvalue weighted by Gasteiger charge is 2.16. The van der Waals surface area contributed by atoms with Gasteiger partial charge in [-0.25, -0.2) is 4.98 Å². The van der Waals surface area contributed by atoms with Gasteiger partial charge in [-0.15, -0.1) is 0 Å². The van der Waals surface area contributed by atoms with Gasteiger partial charge in [0.05, 0.1) is 12.1 Å². The molecule has 1 aromatic heterocycles. The zero-order chi connectivity index (χ0) is 17.8. The minimum atomic E-state index is -0.491. The SMILES string of the molecule is Nc1ccccc1-c1nc(C(=O)NCC(=O)c2ccc(Br)cc2)co1.